The molecule has 7 nitrogen and oxygen atoms in total. The molecule has 0 aromatic heterocycles. The van der Waals surface area contributed by atoms with E-state index in [-0.39, 0.29) is 36.8 Å². The van der Waals surface area contributed by atoms with Gasteiger partial charge in [-0.1, -0.05) is 35.9 Å². The molecule has 1 unspecified atom stereocenters. The van der Waals surface area contributed by atoms with Crippen molar-refractivity contribution in [3.8, 4) is 11.5 Å². The first-order chi connectivity index (χ1) is 14.7. The van der Waals surface area contributed by atoms with Crippen LogP contribution in [0.4, 0.5) is 0 Å². The van der Waals surface area contributed by atoms with Crippen molar-refractivity contribution in [1.29, 1.82) is 0 Å². The summed E-state index contributed by atoms with van der Waals surface area (Å²) in [4.78, 5) is 6.87. The molecule has 2 N–H and O–H groups in total. The van der Waals surface area contributed by atoms with Crippen LogP contribution in [-0.2, 0) is 11.3 Å². The highest BCUT2D eigenvalue weighted by Gasteiger charge is 2.23. The van der Waals surface area contributed by atoms with E-state index in [9.17, 15) is 0 Å². The average molecular weight is 538 g/mol. The molecule has 0 radical (unpaired) electrons. The van der Waals surface area contributed by atoms with Crippen LogP contribution < -0.4 is 20.1 Å². The summed E-state index contributed by atoms with van der Waals surface area (Å²) in [6.07, 6.45) is 0. The van der Waals surface area contributed by atoms with Gasteiger partial charge in [-0.3, -0.25) is 9.89 Å². The van der Waals surface area contributed by atoms with Crippen LogP contribution in [0.15, 0.2) is 47.5 Å². The predicted octanol–water partition coefficient (Wildman–Crippen LogP) is 3.08. The largest absolute Gasteiger partial charge is 0.454 e. The summed E-state index contributed by atoms with van der Waals surface area (Å²) < 4.78 is 16.4. The zero-order valence-corrected chi connectivity index (χ0v) is 20.4. The molecule has 31 heavy (non-hydrogen) atoms. The molecular formula is C23H31IN4O3. The minimum atomic E-state index is 0. The molecule has 2 aromatic rings. The van der Waals surface area contributed by atoms with Crippen molar-refractivity contribution in [3.05, 3.63) is 59.2 Å². The van der Waals surface area contributed by atoms with Crippen molar-refractivity contribution >= 4 is 29.9 Å². The van der Waals surface area contributed by atoms with Crippen molar-refractivity contribution in [2.75, 3.05) is 46.7 Å². The number of halogens is 1. The first-order valence-electron chi connectivity index (χ1n) is 10.4. The van der Waals surface area contributed by atoms with Crippen LogP contribution in [0.25, 0.3) is 0 Å². The van der Waals surface area contributed by atoms with Crippen LogP contribution in [0, 0.1) is 6.92 Å². The highest BCUT2D eigenvalue weighted by atomic mass is 127. The van der Waals surface area contributed by atoms with Crippen molar-refractivity contribution in [1.82, 2.24) is 15.5 Å². The normalized spacial score (nSPS) is 17.0. The van der Waals surface area contributed by atoms with Gasteiger partial charge in [0, 0.05) is 33.2 Å². The van der Waals surface area contributed by atoms with E-state index in [1.165, 1.54) is 11.1 Å². The number of hydrogen-bond acceptors (Lipinski definition) is 5. The summed E-state index contributed by atoms with van der Waals surface area (Å²) in [6, 6.07) is 15.0. The average Bonchev–Trinajstić information content (AvgIpc) is 3.26. The number of ether oxygens (including phenoxy) is 3. The fraction of sp³-hybridized carbons (Fsp3) is 0.435. The Balaban J connectivity index is 0.00000272. The number of morpholine rings is 1. The molecule has 2 aliphatic heterocycles. The topological polar surface area (TPSA) is 67.4 Å². The molecule has 8 heteroatoms. The molecule has 4 rings (SSSR count). The number of fused-ring (bicyclic) bond motifs is 1. The molecule has 1 saturated heterocycles. The van der Waals surface area contributed by atoms with Gasteiger partial charge in [0.25, 0.3) is 0 Å². The third-order valence-electron chi connectivity index (χ3n) is 5.53. The van der Waals surface area contributed by atoms with Gasteiger partial charge in [0.15, 0.2) is 17.5 Å². The number of benzene rings is 2. The van der Waals surface area contributed by atoms with Gasteiger partial charge < -0.3 is 24.8 Å². The highest BCUT2D eigenvalue weighted by Crippen LogP contribution is 2.32. The maximum Gasteiger partial charge on any atom is 0.231 e. The van der Waals surface area contributed by atoms with Crippen LogP contribution in [0.5, 0.6) is 11.5 Å². The summed E-state index contributed by atoms with van der Waals surface area (Å²) in [7, 11) is 1.80. The summed E-state index contributed by atoms with van der Waals surface area (Å²) in [6.45, 7) is 7.25. The second kappa shape index (κ2) is 11.5. The molecule has 2 aromatic carbocycles. The number of aryl methyl sites for hydroxylation is 1. The summed E-state index contributed by atoms with van der Waals surface area (Å²) >= 11 is 0. The van der Waals surface area contributed by atoms with E-state index in [1.807, 2.05) is 18.2 Å². The molecule has 168 valence electrons. The Morgan fingerprint density at radius 1 is 1.03 bits per heavy atom. The molecule has 0 amide bonds. The molecule has 1 atom stereocenters. The number of rotatable bonds is 6. The van der Waals surface area contributed by atoms with Gasteiger partial charge in [-0.2, -0.15) is 0 Å². The monoisotopic (exact) mass is 538 g/mol. The number of aliphatic imine (C=N–C) groups is 1. The second-order valence-electron chi connectivity index (χ2n) is 7.57. The Morgan fingerprint density at radius 3 is 2.52 bits per heavy atom. The Morgan fingerprint density at radius 2 is 1.77 bits per heavy atom. The molecule has 0 spiro atoms. The number of nitrogens with zero attached hydrogens (tertiary/aromatic N) is 2. The van der Waals surface area contributed by atoms with Crippen molar-refractivity contribution in [2.45, 2.75) is 19.5 Å². The minimum Gasteiger partial charge on any atom is -0.454 e. The van der Waals surface area contributed by atoms with Gasteiger partial charge in [0.2, 0.25) is 6.79 Å². The molecular weight excluding hydrogens is 507 g/mol. The summed E-state index contributed by atoms with van der Waals surface area (Å²) in [5, 5.41) is 6.90. The van der Waals surface area contributed by atoms with Gasteiger partial charge in [-0.15, -0.1) is 24.0 Å². The van der Waals surface area contributed by atoms with Crippen LogP contribution >= 0.6 is 24.0 Å². The standard InChI is InChI=1S/C23H30N4O3.HI/c1-17-3-6-19(7-4-17)20(27-9-11-28-12-10-27)15-26-23(24-2)25-14-18-5-8-21-22(13-18)30-16-29-21;/h3-8,13,20H,9-12,14-16H2,1-2H3,(H2,24,25,26);1H. The van der Waals surface area contributed by atoms with E-state index >= 15 is 0 Å². The summed E-state index contributed by atoms with van der Waals surface area (Å²) in [5.74, 6) is 2.37. The maximum atomic E-state index is 5.55. The van der Waals surface area contributed by atoms with Crippen molar-refractivity contribution < 1.29 is 14.2 Å². The molecule has 2 heterocycles. The summed E-state index contributed by atoms with van der Waals surface area (Å²) in [5.41, 5.74) is 3.69. The molecule has 0 aliphatic carbocycles. The van der Waals surface area contributed by atoms with Gasteiger partial charge in [-0.25, -0.2) is 0 Å². The van der Waals surface area contributed by atoms with Crippen LogP contribution in [0.1, 0.15) is 22.7 Å². The second-order valence-corrected chi connectivity index (χ2v) is 7.57. The smallest absolute Gasteiger partial charge is 0.231 e. The first kappa shape index (κ1) is 23.6. The lowest BCUT2D eigenvalue weighted by Gasteiger charge is -2.35. The van der Waals surface area contributed by atoms with Gasteiger partial charge in [0.1, 0.15) is 0 Å². The Bertz CT molecular complexity index is 870. The molecule has 0 saturated carbocycles. The fourth-order valence-electron chi connectivity index (χ4n) is 3.79. The Labute approximate surface area is 201 Å². The predicted molar refractivity (Wildman–Crippen MR) is 132 cm³/mol. The van der Waals surface area contributed by atoms with E-state index in [0.29, 0.717) is 6.54 Å². The van der Waals surface area contributed by atoms with E-state index in [0.717, 1.165) is 55.9 Å². The fourth-order valence-corrected chi connectivity index (χ4v) is 3.79. The van der Waals surface area contributed by atoms with Crippen LogP contribution in [0.2, 0.25) is 0 Å². The number of nitrogens with one attached hydrogen (secondary N) is 2. The SMILES string of the molecule is CN=C(NCc1ccc2c(c1)OCO2)NCC(c1ccc(C)cc1)N1CCOCC1.I. The van der Waals surface area contributed by atoms with E-state index in [2.05, 4.69) is 51.7 Å². The lowest BCUT2D eigenvalue weighted by molar-refractivity contribution is 0.0170. The van der Waals surface area contributed by atoms with Crippen LogP contribution in [-0.4, -0.2) is 57.5 Å². The van der Waals surface area contributed by atoms with E-state index in [4.69, 9.17) is 14.2 Å². The van der Waals surface area contributed by atoms with Gasteiger partial charge >= 0.3 is 0 Å². The Hall–Kier alpha value is -2.04. The van der Waals surface area contributed by atoms with Crippen molar-refractivity contribution in [3.63, 3.8) is 0 Å². The maximum absolute atomic E-state index is 5.55. The number of hydrogen-bond donors (Lipinski definition) is 2. The molecule has 2 aliphatic rings. The minimum absolute atomic E-state index is 0. The third-order valence-corrected chi connectivity index (χ3v) is 5.53. The van der Waals surface area contributed by atoms with Gasteiger partial charge in [-0.05, 0) is 30.2 Å². The highest BCUT2D eigenvalue weighted by molar-refractivity contribution is 14.0. The quantitative estimate of drug-likeness (QED) is 0.335. The lowest BCUT2D eigenvalue weighted by atomic mass is 10.0. The zero-order chi connectivity index (χ0) is 20.8. The Kier molecular flexibility index (Phi) is 8.79. The third kappa shape index (κ3) is 6.24. The zero-order valence-electron chi connectivity index (χ0n) is 18.1. The number of guanidine groups is 1. The molecule has 1 fully saturated rings. The van der Waals surface area contributed by atoms with Gasteiger partial charge in [0.05, 0.1) is 19.3 Å². The molecule has 0 bridgehead atoms. The van der Waals surface area contributed by atoms with Crippen molar-refractivity contribution in [2.24, 2.45) is 4.99 Å². The lowest BCUT2D eigenvalue weighted by Crippen LogP contribution is -2.46. The first-order valence-corrected chi connectivity index (χ1v) is 10.4. The van der Waals surface area contributed by atoms with E-state index in [1.54, 1.807) is 7.05 Å². The van der Waals surface area contributed by atoms with Crippen LogP contribution in [0.3, 0.4) is 0 Å². The van der Waals surface area contributed by atoms with E-state index < -0.39 is 0 Å².